The second kappa shape index (κ2) is 8.67. The van der Waals surface area contributed by atoms with Gasteiger partial charge in [-0.3, -0.25) is 19.2 Å². The molecule has 0 aliphatic heterocycles. The fraction of sp³-hybridized carbons (Fsp3) is 0.545. The Morgan fingerprint density at radius 3 is 1.54 bits per heavy atom. The van der Waals surface area contributed by atoms with Crippen LogP contribution >= 0.6 is 0 Å². The average Bonchev–Trinajstić information content (AvgIpc) is 2.72. The van der Waals surface area contributed by atoms with Crippen molar-refractivity contribution in [2.45, 2.75) is 64.2 Å². The molecule has 2 aliphatic rings. The van der Waals surface area contributed by atoms with Gasteiger partial charge in [0.25, 0.3) is 0 Å². The third-order valence-electron chi connectivity index (χ3n) is 6.18. The monoisotopic (exact) mass is 384 g/mol. The second-order valence-corrected chi connectivity index (χ2v) is 8.04. The van der Waals surface area contributed by atoms with Gasteiger partial charge in [0.15, 0.2) is 11.6 Å². The zero-order chi connectivity index (χ0) is 20.3. The Morgan fingerprint density at radius 2 is 1.07 bits per heavy atom. The van der Waals surface area contributed by atoms with E-state index in [0.717, 1.165) is 64.2 Å². The largest absolute Gasteiger partial charge is 0.366 e. The minimum Gasteiger partial charge on any atom is -0.366 e. The lowest BCUT2D eigenvalue weighted by molar-refractivity contribution is 0.0849. The predicted octanol–water partition coefficient (Wildman–Crippen LogP) is 3.41. The van der Waals surface area contributed by atoms with Crippen LogP contribution in [-0.2, 0) is 0 Å². The number of primary amides is 2. The fourth-order valence-corrected chi connectivity index (χ4v) is 4.68. The van der Waals surface area contributed by atoms with Gasteiger partial charge in [0, 0.05) is 23.0 Å². The number of nitrogens with two attached hydrogens (primary N) is 2. The number of hydrogen-bond donors (Lipinski definition) is 2. The first-order chi connectivity index (χ1) is 13.4. The summed E-state index contributed by atoms with van der Waals surface area (Å²) in [6, 6.07) is 2.84. The van der Waals surface area contributed by atoms with Crippen LogP contribution in [0.5, 0.6) is 0 Å². The van der Waals surface area contributed by atoms with Crippen molar-refractivity contribution in [3.63, 3.8) is 0 Å². The van der Waals surface area contributed by atoms with Crippen LogP contribution < -0.4 is 11.5 Å². The number of Topliss-reactive ketones (excluding diaryl/α,β-unsaturated/α-hetero) is 2. The minimum atomic E-state index is -0.897. The van der Waals surface area contributed by atoms with E-state index in [1.165, 1.54) is 12.1 Å². The molecule has 1 aromatic rings. The third kappa shape index (κ3) is 4.01. The Hall–Kier alpha value is -2.50. The molecule has 1 aromatic carbocycles. The Labute approximate surface area is 165 Å². The molecule has 0 radical (unpaired) electrons. The van der Waals surface area contributed by atoms with E-state index >= 15 is 0 Å². The summed E-state index contributed by atoms with van der Waals surface area (Å²) in [4.78, 5) is 50.8. The Balaban J connectivity index is 2.13. The Kier molecular flexibility index (Phi) is 6.27. The van der Waals surface area contributed by atoms with Gasteiger partial charge in [-0.05, 0) is 37.8 Å². The van der Waals surface area contributed by atoms with Gasteiger partial charge in [-0.2, -0.15) is 0 Å². The van der Waals surface area contributed by atoms with Crippen molar-refractivity contribution in [1.82, 2.24) is 0 Å². The molecular formula is C22H28N2O4. The molecule has 2 saturated carbocycles. The summed E-state index contributed by atoms with van der Waals surface area (Å²) in [7, 11) is 0. The molecule has 0 unspecified atom stereocenters. The normalized spacial score (nSPS) is 18.6. The van der Waals surface area contributed by atoms with Crippen molar-refractivity contribution >= 4 is 23.4 Å². The lowest BCUT2D eigenvalue weighted by Crippen LogP contribution is -2.30. The van der Waals surface area contributed by atoms with E-state index in [1.54, 1.807) is 0 Å². The van der Waals surface area contributed by atoms with E-state index in [2.05, 4.69) is 0 Å². The smallest absolute Gasteiger partial charge is 0.250 e. The Bertz CT molecular complexity index is 803. The summed E-state index contributed by atoms with van der Waals surface area (Å²) in [6.45, 7) is 0. The molecule has 2 aliphatic carbocycles. The number of benzene rings is 1. The van der Waals surface area contributed by atoms with Crippen molar-refractivity contribution in [3.05, 3.63) is 34.4 Å². The highest BCUT2D eigenvalue weighted by Gasteiger charge is 2.34. The zero-order valence-electron chi connectivity index (χ0n) is 16.2. The standard InChI is InChI=1S/C22H28N2O4/c23-21(27)16-12-11-15(19(25)13-7-3-1-4-8-13)17(18(16)22(24)28)20(26)14-9-5-2-6-10-14/h11-14H,1-10H2,(H2,23,27)(H2,24,28). The molecule has 3 rings (SSSR count). The number of amides is 2. The third-order valence-corrected chi connectivity index (χ3v) is 6.18. The highest BCUT2D eigenvalue weighted by Crippen LogP contribution is 2.33. The molecule has 28 heavy (non-hydrogen) atoms. The quantitative estimate of drug-likeness (QED) is 0.730. The van der Waals surface area contributed by atoms with E-state index in [0.29, 0.717) is 0 Å². The van der Waals surface area contributed by atoms with E-state index in [1.807, 2.05) is 0 Å². The zero-order valence-corrected chi connectivity index (χ0v) is 16.2. The van der Waals surface area contributed by atoms with Gasteiger partial charge in [-0.15, -0.1) is 0 Å². The van der Waals surface area contributed by atoms with Crippen LogP contribution in [0.25, 0.3) is 0 Å². The second-order valence-electron chi connectivity index (χ2n) is 8.04. The number of carbonyl (C=O) groups is 4. The maximum Gasteiger partial charge on any atom is 0.250 e. The summed E-state index contributed by atoms with van der Waals surface area (Å²) in [5.41, 5.74) is 10.9. The average molecular weight is 384 g/mol. The number of rotatable bonds is 6. The molecule has 0 spiro atoms. The summed E-state index contributed by atoms with van der Waals surface area (Å²) >= 11 is 0. The molecule has 6 nitrogen and oxygen atoms in total. The highest BCUT2D eigenvalue weighted by atomic mass is 16.2. The number of carbonyl (C=O) groups excluding carboxylic acids is 4. The number of ketones is 2. The molecule has 6 heteroatoms. The Morgan fingerprint density at radius 1 is 0.607 bits per heavy atom. The van der Waals surface area contributed by atoms with Crippen LogP contribution in [0.3, 0.4) is 0 Å². The lowest BCUT2D eigenvalue weighted by atomic mass is 9.77. The molecule has 150 valence electrons. The van der Waals surface area contributed by atoms with Crippen LogP contribution in [0.2, 0.25) is 0 Å². The van der Waals surface area contributed by atoms with Gasteiger partial charge >= 0.3 is 0 Å². The van der Waals surface area contributed by atoms with Gasteiger partial charge in [0.2, 0.25) is 11.8 Å². The van der Waals surface area contributed by atoms with E-state index < -0.39 is 11.8 Å². The molecule has 0 bridgehead atoms. The van der Waals surface area contributed by atoms with Gasteiger partial charge < -0.3 is 11.5 Å². The van der Waals surface area contributed by atoms with Crippen LogP contribution in [-0.4, -0.2) is 23.4 Å². The number of hydrogen-bond acceptors (Lipinski definition) is 4. The van der Waals surface area contributed by atoms with Gasteiger partial charge in [-0.25, -0.2) is 0 Å². The molecule has 0 aromatic heterocycles. The van der Waals surface area contributed by atoms with Crippen molar-refractivity contribution < 1.29 is 19.2 Å². The van der Waals surface area contributed by atoms with E-state index in [9.17, 15) is 19.2 Å². The first kappa shape index (κ1) is 20.2. The summed E-state index contributed by atoms with van der Waals surface area (Å²) in [6.07, 6.45) is 8.98. The molecule has 2 fully saturated rings. The van der Waals surface area contributed by atoms with Crippen molar-refractivity contribution in [1.29, 1.82) is 0 Å². The summed E-state index contributed by atoms with van der Waals surface area (Å²) in [5.74, 6) is -2.53. The first-order valence-corrected chi connectivity index (χ1v) is 10.3. The van der Waals surface area contributed by atoms with Gasteiger partial charge in [0.1, 0.15) is 0 Å². The van der Waals surface area contributed by atoms with Crippen molar-refractivity contribution in [2.24, 2.45) is 23.3 Å². The SMILES string of the molecule is NC(=O)c1ccc(C(=O)C2CCCCC2)c(C(=O)C2CCCCC2)c1C(N)=O. The van der Waals surface area contributed by atoms with Crippen LogP contribution in [0.4, 0.5) is 0 Å². The minimum absolute atomic E-state index is 0.0197. The van der Waals surface area contributed by atoms with Crippen molar-refractivity contribution in [2.75, 3.05) is 0 Å². The molecule has 4 N–H and O–H groups in total. The molecule has 2 amide bonds. The van der Waals surface area contributed by atoms with Crippen LogP contribution in [0.15, 0.2) is 12.1 Å². The summed E-state index contributed by atoms with van der Waals surface area (Å²) in [5, 5.41) is 0. The van der Waals surface area contributed by atoms with Crippen LogP contribution in [0.1, 0.15) is 106 Å². The lowest BCUT2D eigenvalue weighted by Gasteiger charge is -2.25. The van der Waals surface area contributed by atoms with E-state index in [4.69, 9.17) is 11.5 Å². The molecule has 0 saturated heterocycles. The van der Waals surface area contributed by atoms with Crippen molar-refractivity contribution in [3.8, 4) is 0 Å². The topological polar surface area (TPSA) is 120 Å². The maximum atomic E-state index is 13.4. The molecular weight excluding hydrogens is 356 g/mol. The highest BCUT2D eigenvalue weighted by molar-refractivity contribution is 6.19. The molecule has 0 heterocycles. The van der Waals surface area contributed by atoms with Gasteiger partial charge in [-0.1, -0.05) is 38.5 Å². The van der Waals surface area contributed by atoms with Gasteiger partial charge in [0.05, 0.1) is 11.1 Å². The summed E-state index contributed by atoms with van der Waals surface area (Å²) < 4.78 is 0. The first-order valence-electron chi connectivity index (χ1n) is 10.3. The predicted molar refractivity (Wildman–Crippen MR) is 105 cm³/mol. The molecule has 0 atom stereocenters. The fourth-order valence-electron chi connectivity index (χ4n) is 4.68. The van der Waals surface area contributed by atoms with Crippen LogP contribution in [0, 0.1) is 11.8 Å². The maximum absolute atomic E-state index is 13.4. The van der Waals surface area contributed by atoms with E-state index in [-0.39, 0.29) is 45.7 Å².